The lowest BCUT2D eigenvalue weighted by molar-refractivity contribution is 0.0589. The molecule has 2 aliphatic rings. The van der Waals surface area contributed by atoms with Crippen molar-refractivity contribution in [1.82, 2.24) is 19.2 Å². The summed E-state index contributed by atoms with van der Waals surface area (Å²) in [5, 5.41) is 0. The summed E-state index contributed by atoms with van der Waals surface area (Å²) in [4.78, 5) is 21.7. The van der Waals surface area contributed by atoms with Crippen molar-refractivity contribution in [2.45, 2.75) is 26.2 Å². The Bertz CT molecular complexity index is 743. The number of imidazole rings is 1. The number of carbonyl (C=O) groups is 1. The van der Waals surface area contributed by atoms with Gasteiger partial charge in [-0.3, -0.25) is 4.79 Å². The predicted octanol–water partition coefficient (Wildman–Crippen LogP) is 2.20. The number of aryl methyl sites for hydroxylation is 1. The lowest BCUT2D eigenvalue weighted by Crippen LogP contribution is -2.44. The fourth-order valence-electron chi connectivity index (χ4n) is 4.17. The third-order valence-electron chi connectivity index (χ3n) is 5.64. The van der Waals surface area contributed by atoms with Crippen LogP contribution in [0.25, 0.3) is 5.65 Å². The van der Waals surface area contributed by atoms with Gasteiger partial charge in [0.2, 0.25) is 0 Å². The Morgan fingerprint density at radius 3 is 2.61 bits per heavy atom. The van der Waals surface area contributed by atoms with Crippen LogP contribution in [0.1, 0.15) is 35.3 Å². The molecule has 122 valence electrons. The Morgan fingerprint density at radius 2 is 1.96 bits per heavy atom. The van der Waals surface area contributed by atoms with E-state index in [1.807, 2.05) is 40.8 Å². The van der Waals surface area contributed by atoms with Crippen molar-refractivity contribution in [1.29, 1.82) is 0 Å². The molecular formula is C18H24N4O. The molecular weight excluding hydrogens is 288 g/mol. The minimum Gasteiger partial charge on any atom is -0.337 e. The number of pyridine rings is 1. The molecule has 2 aromatic heterocycles. The molecule has 2 saturated heterocycles. The fourth-order valence-corrected chi connectivity index (χ4v) is 4.17. The number of aromatic nitrogens is 2. The lowest BCUT2D eigenvalue weighted by Gasteiger charge is -2.39. The first kappa shape index (κ1) is 14.7. The van der Waals surface area contributed by atoms with Gasteiger partial charge in [-0.05, 0) is 56.8 Å². The van der Waals surface area contributed by atoms with Crippen LogP contribution >= 0.6 is 0 Å². The van der Waals surface area contributed by atoms with Gasteiger partial charge in [-0.2, -0.15) is 0 Å². The van der Waals surface area contributed by atoms with Gasteiger partial charge in [0.15, 0.2) is 0 Å². The molecule has 2 aromatic rings. The summed E-state index contributed by atoms with van der Waals surface area (Å²) in [5.74, 6) is 0.0781. The number of piperidine rings is 1. The molecule has 1 amide bonds. The number of amides is 1. The van der Waals surface area contributed by atoms with Crippen molar-refractivity contribution in [3.8, 4) is 0 Å². The van der Waals surface area contributed by atoms with E-state index >= 15 is 0 Å². The summed E-state index contributed by atoms with van der Waals surface area (Å²) in [6, 6.07) is 4.01. The smallest absolute Gasteiger partial charge is 0.274 e. The van der Waals surface area contributed by atoms with E-state index < -0.39 is 0 Å². The van der Waals surface area contributed by atoms with Gasteiger partial charge in [0.05, 0.1) is 0 Å². The summed E-state index contributed by atoms with van der Waals surface area (Å²) in [6.07, 6.45) is 7.33. The second-order valence-corrected chi connectivity index (χ2v) is 7.33. The summed E-state index contributed by atoms with van der Waals surface area (Å²) in [6.45, 7) is 6.12. The topological polar surface area (TPSA) is 40.9 Å². The average Bonchev–Trinajstić information content (AvgIpc) is 3.13. The zero-order valence-corrected chi connectivity index (χ0v) is 14.0. The zero-order chi connectivity index (χ0) is 16.0. The lowest BCUT2D eigenvalue weighted by atomic mass is 9.78. The van der Waals surface area contributed by atoms with E-state index in [4.69, 9.17) is 0 Å². The fraction of sp³-hybridized carbons (Fsp3) is 0.556. The van der Waals surface area contributed by atoms with E-state index in [1.54, 1.807) is 0 Å². The first-order chi connectivity index (χ1) is 11.1. The predicted molar refractivity (Wildman–Crippen MR) is 89.6 cm³/mol. The van der Waals surface area contributed by atoms with Crippen LogP contribution in [0.3, 0.4) is 0 Å². The molecule has 4 rings (SSSR count). The Hall–Kier alpha value is -1.88. The molecule has 0 bridgehead atoms. The van der Waals surface area contributed by atoms with E-state index in [0.29, 0.717) is 11.1 Å². The molecule has 4 heterocycles. The Labute approximate surface area is 136 Å². The van der Waals surface area contributed by atoms with E-state index in [1.165, 1.54) is 19.5 Å². The third kappa shape index (κ3) is 2.53. The monoisotopic (exact) mass is 312 g/mol. The molecule has 0 aromatic carbocycles. The first-order valence-corrected chi connectivity index (χ1v) is 8.49. The summed E-state index contributed by atoms with van der Waals surface area (Å²) >= 11 is 0. The van der Waals surface area contributed by atoms with Crippen molar-refractivity contribution in [2.75, 3.05) is 33.2 Å². The average molecular weight is 312 g/mol. The normalized spacial score (nSPS) is 21.4. The minimum atomic E-state index is 0.0781. The van der Waals surface area contributed by atoms with Gasteiger partial charge in [-0.1, -0.05) is 6.07 Å². The van der Waals surface area contributed by atoms with Crippen molar-refractivity contribution < 1.29 is 4.79 Å². The summed E-state index contributed by atoms with van der Waals surface area (Å²) in [5.41, 5.74) is 2.99. The maximum absolute atomic E-state index is 12.8. The molecule has 2 aliphatic heterocycles. The van der Waals surface area contributed by atoms with Gasteiger partial charge in [0, 0.05) is 32.0 Å². The Balaban J connectivity index is 1.50. The summed E-state index contributed by atoms with van der Waals surface area (Å²) in [7, 11) is 2.20. The SMILES string of the molecule is Cc1cccn2cc(C(=O)N3CCC4(CCN(C)C4)CC3)nc12. The number of hydrogen-bond donors (Lipinski definition) is 0. The molecule has 5 nitrogen and oxygen atoms in total. The molecule has 0 atom stereocenters. The van der Waals surface area contributed by atoms with Gasteiger partial charge in [-0.15, -0.1) is 0 Å². The first-order valence-electron chi connectivity index (χ1n) is 8.49. The highest BCUT2D eigenvalue weighted by Crippen LogP contribution is 2.39. The van der Waals surface area contributed by atoms with Gasteiger partial charge in [-0.25, -0.2) is 4.98 Å². The molecule has 0 aliphatic carbocycles. The van der Waals surface area contributed by atoms with Crippen LogP contribution in [0.4, 0.5) is 0 Å². The number of nitrogens with zero attached hydrogens (tertiary/aromatic N) is 4. The van der Waals surface area contributed by atoms with E-state index in [9.17, 15) is 4.79 Å². The highest BCUT2D eigenvalue weighted by Gasteiger charge is 2.40. The Morgan fingerprint density at radius 1 is 1.22 bits per heavy atom. The quantitative estimate of drug-likeness (QED) is 0.810. The van der Waals surface area contributed by atoms with Crippen LogP contribution < -0.4 is 0 Å². The van der Waals surface area contributed by atoms with Gasteiger partial charge in [0.1, 0.15) is 11.3 Å². The molecule has 0 unspecified atom stereocenters. The van der Waals surface area contributed by atoms with E-state index in [0.717, 1.165) is 37.1 Å². The molecule has 1 spiro atoms. The standard InChI is InChI=1S/C18H24N4O/c1-14-4-3-8-22-12-15(19-16(14)22)17(23)21-10-6-18(7-11-21)5-9-20(2)13-18/h3-4,8,12H,5-7,9-11,13H2,1-2H3. The van der Waals surface area contributed by atoms with Crippen LogP contribution in [-0.4, -0.2) is 58.3 Å². The molecule has 2 fully saturated rings. The molecule has 0 saturated carbocycles. The molecule has 0 N–H and O–H groups in total. The minimum absolute atomic E-state index is 0.0781. The van der Waals surface area contributed by atoms with Gasteiger partial charge in [0.25, 0.3) is 5.91 Å². The van der Waals surface area contributed by atoms with Crippen molar-refractivity contribution >= 4 is 11.6 Å². The van der Waals surface area contributed by atoms with Crippen LogP contribution in [0.2, 0.25) is 0 Å². The van der Waals surface area contributed by atoms with E-state index in [-0.39, 0.29) is 5.91 Å². The summed E-state index contributed by atoms with van der Waals surface area (Å²) < 4.78 is 1.94. The largest absolute Gasteiger partial charge is 0.337 e. The second kappa shape index (κ2) is 5.34. The Kier molecular flexibility index (Phi) is 3.41. The molecule has 5 heteroatoms. The number of rotatable bonds is 1. The van der Waals surface area contributed by atoms with E-state index in [2.05, 4.69) is 16.9 Å². The number of likely N-dealkylation sites (tertiary alicyclic amines) is 2. The highest BCUT2D eigenvalue weighted by molar-refractivity contribution is 5.93. The molecule has 0 radical (unpaired) electrons. The van der Waals surface area contributed by atoms with Crippen LogP contribution in [-0.2, 0) is 0 Å². The van der Waals surface area contributed by atoms with Gasteiger partial charge >= 0.3 is 0 Å². The maximum Gasteiger partial charge on any atom is 0.274 e. The van der Waals surface area contributed by atoms with Gasteiger partial charge < -0.3 is 14.2 Å². The number of carbonyl (C=O) groups excluding carboxylic acids is 1. The third-order valence-corrected chi connectivity index (χ3v) is 5.64. The van der Waals surface area contributed by atoms with Crippen LogP contribution in [0, 0.1) is 12.3 Å². The molecule has 23 heavy (non-hydrogen) atoms. The zero-order valence-electron chi connectivity index (χ0n) is 14.0. The maximum atomic E-state index is 12.8. The van der Waals surface area contributed by atoms with Crippen molar-refractivity contribution in [2.24, 2.45) is 5.41 Å². The number of hydrogen-bond acceptors (Lipinski definition) is 3. The second-order valence-electron chi connectivity index (χ2n) is 7.33. The van der Waals surface area contributed by atoms with Crippen LogP contribution in [0.5, 0.6) is 0 Å². The van der Waals surface area contributed by atoms with Crippen LogP contribution in [0.15, 0.2) is 24.5 Å². The number of fused-ring (bicyclic) bond motifs is 1. The van der Waals surface area contributed by atoms with Crippen molar-refractivity contribution in [3.63, 3.8) is 0 Å². The highest BCUT2D eigenvalue weighted by atomic mass is 16.2. The van der Waals surface area contributed by atoms with Crippen molar-refractivity contribution in [3.05, 3.63) is 35.8 Å².